The number of nitrogens with one attached hydrogen (secondary N) is 2. The van der Waals surface area contributed by atoms with Crippen LogP contribution in [0.1, 0.15) is 13.8 Å². The normalized spacial score (nSPS) is 10.4. The Kier molecular flexibility index (Phi) is 5.35. The molecule has 0 fully saturated rings. The number of amides is 2. The highest BCUT2D eigenvalue weighted by Gasteiger charge is 2.40. The van der Waals surface area contributed by atoms with Gasteiger partial charge in [0.05, 0.1) is 0 Å². The molecule has 2 amide bonds. The lowest BCUT2D eigenvalue weighted by Crippen LogP contribution is -2.39. The summed E-state index contributed by atoms with van der Waals surface area (Å²) in [7, 11) is 0. The molecule has 0 aromatic heterocycles. The van der Waals surface area contributed by atoms with Gasteiger partial charge in [-0.2, -0.15) is 0 Å². The van der Waals surface area contributed by atoms with Gasteiger partial charge in [0.1, 0.15) is 0 Å². The molecule has 0 aromatic carbocycles. The zero-order valence-electron chi connectivity index (χ0n) is 8.30. The standard InChI is InChI=1S/C7H12F2N2O4/c1-3-10-5(12)14-7(8,9)15-6(13)11-4-2/h3-4H2,1-2H3,(H,10,12)(H,11,13). The predicted octanol–water partition coefficient (Wildman–Crippen LogP) is 1.03. The largest absolute Gasteiger partial charge is 0.592 e. The number of rotatable bonds is 4. The number of carbonyl (C=O) groups excluding carboxylic acids is 2. The van der Waals surface area contributed by atoms with E-state index in [4.69, 9.17) is 0 Å². The molecule has 0 unspecified atom stereocenters. The minimum Gasteiger partial charge on any atom is -0.349 e. The predicted molar refractivity (Wildman–Crippen MR) is 45.3 cm³/mol. The Morgan fingerprint density at radius 3 is 1.67 bits per heavy atom. The quantitative estimate of drug-likeness (QED) is 0.702. The molecule has 0 radical (unpaired) electrons. The van der Waals surface area contributed by atoms with E-state index >= 15 is 0 Å². The monoisotopic (exact) mass is 226 g/mol. The minimum absolute atomic E-state index is 0.121. The molecule has 0 rings (SSSR count). The van der Waals surface area contributed by atoms with Crippen molar-refractivity contribution in [3.05, 3.63) is 0 Å². The Bertz CT molecular complexity index is 213. The van der Waals surface area contributed by atoms with Crippen LogP contribution in [0.4, 0.5) is 18.4 Å². The van der Waals surface area contributed by atoms with Crippen LogP contribution >= 0.6 is 0 Å². The summed E-state index contributed by atoms with van der Waals surface area (Å²) in [6.45, 7) is 3.28. The Morgan fingerprint density at radius 2 is 1.40 bits per heavy atom. The number of alkyl carbamates (subject to hydrolysis) is 2. The van der Waals surface area contributed by atoms with Gasteiger partial charge in [-0.1, -0.05) is 0 Å². The lowest BCUT2D eigenvalue weighted by Gasteiger charge is -2.15. The Morgan fingerprint density at radius 1 is 1.07 bits per heavy atom. The summed E-state index contributed by atoms with van der Waals surface area (Å²) in [5, 5.41) is 3.91. The van der Waals surface area contributed by atoms with Crippen LogP contribution in [-0.2, 0) is 9.47 Å². The molecule has 6 nitrogen and oxygen atoms in total. The second-order valence-electron chi connectivity index (χ2n) is 2.30. The van der Waals surface area contributed by atoms with E-state index in [1.807, 2.05) is 10.6 Å². The van der Waals surface area contributed by atoms with E-state index in [-0.39, 0.29) is 13.1 Å². The molecule has 0 saturated heterocycles. The van der Waals surface area contributed by atoms with Gasteiger partial charge in [-0.05, 0) is 13.8 Å². The van der Waals surface area contributed by atoms with Gasteiger partial charge in [0.2, 0.25) is 0 Å². The van der Waals surface area contributed by atoms with Gasteiger partial charge in [0, 0.05) is 13.1 Å². The molecule has 2 N–H and O–H groups in total. The third-order valence-electron chi connectivity index (χ3n) is 1.07. The second kappa shape index (κ2) is 5.99. The number of hydrogen-bond donors (Lipinski definition) is 2. The summed E-state index contributed by atoms with van der Waals surface area (Å²) in [4.78, 5) is 21.1. The highest BCUT2D eigenvalue weighted by Crippen LogP contribution is 2.17. The van der Waals surface area contributed by atoms with Gasteiger partial charge >= 0.3 is 18.5 Å². The first kappa shape index (κ1) is 13.4. The van der Waals surface area contributed by atoms with Gasteiger partial charge in [0.15, 0.2) is 0 Å². The maximum Gasteiger partial charge on any atom is 0.592 e. The summed E-state index contributed by atoms with van der Waals surface area (Å²) in [5.41, 5.74) is 0. The van der Waals surface area contributed by atoms with Gasteiger partial charge in [-0.25, -0.2) is 9.59 Å². The van der Waals surface area contributed by atoms with Crippen molar-refractivity contribution in [2.24, 2.45) is 0 Å². The molecule has 0 aliphatic heterocycles. The van der Waals surface area contributed by atoms with Crippen LogP contribution in [0.2, 0.25) is 0 Å². The molecule has 0 aliphatic carbocycles. The maximum atomic E-state index is 12.6. The number of carbonyl (C=O) groups is 2. The topological polar surface area (TPSA) is 76.7 Å². The van der Waals surface area contributed by atoms with Crippen LogP contribution in [0.3, 0.4) is 0 Å². The zero-order valence-corrected chi connectivity index (χ0v) is 8.30. The Labute approximate surface area is 84.9 Å². The van der Waals surface area contributed by atoms with E-state index in [2.05, 4.69) is 9.47 Å². The third-order valence-corrected chi connectivity index (χ3v) is 1.07. The van der Waals surface area contributed by atoms with E-state index in [1.54, 1.807) is 0 Å². The molecule has 0 bridgehead atoms. The summed E-state index contributed by atoms with van der Waals surface area (Å²) in [5.74, 6) is 0. The van der Waals surface area contributed by atoms with Crippen LogP contribution in [-0.4, -0.2) is 31.6 Å². The van der Waals surface area contributed by atoms with Crippen LogP contribution in [0.15, 0.2) is 0 Å². The fourth-order valence-electron chi connectivity index (χ4n) is 0.598. The number of hydrogen-bond acceptors (Lipinski definition) is 4. The molecule has 0 saturated carbocycles. The molecule has 88 valence electrons. The fraction of sp³-hybridized carbons (Fsp3) is 0.714. The molecule has 15 heavy (non-hydrogen) atoms. The number of alkyl halides is 2. The van der Waals surface area contributed by atoms with E-state index in [0.717, 1.165) is 0 Å². The van der Waals surface area contributed by atoms with Crippen molar-refractivity contribution >= 4 is 12.2 Å². The average Bonchev–Trinajstić information content (AvgIpc) is 2.01. The summed E-state index contributed by atoms with van der Waals surface area (Å²) in [6, 6.07) is 0. The van der Waals surface area contributed by atoms with Crippen molar-refractivity contribution in [3.63, 3.8) is 0 Å². The molecular weight excluding hydrogens is 214 g/mol. The van der Waals surface area contributed by atoms with Crippen LogP contribution in [0, 0.1) is 0 Å². The van der Waals surface area contributed by atoms with Crippen LogP contribution in [0.25, 0.3) is 0 Å². The smallest absolute Gasteiger partial charge is 0.349 e. The highest BCUT2D eigenvalue weighted by molar-refractivity contribution is 5.69. The van der Waals surface area contributed by atoms with E-state index in [9.17, 15) is 18.4 Å². The van der Waals surface area contributed by atoms with Crippen molar-refractivity contribution < 1.29 is 27.8 Å². The molecule has 0 spiro atoms. The molecule has 0 aliphatic rings. The van der Waals surface area contributed by atoms with Crippen molar-refractivity contribution in [1.29, 1.82) is 0 Å². The first-order valence-electron chi connectivity index (χ1n) is 4.22. The first-order valence-corrected chi connectivity index (χ1v) is 4.22. The Balaban J connectivity index is 4.05. The lowest BCUT2D eigenvalue weighted by atomic mass is 10.7. The van der Waals surface area contributed by atoms with Gasteiger partial charge in [0.25, 0.3) is 0 Å². The SMILES string of the molecule is CCNC(=O)OC(F)(F)OC(=O)NCC. The minimum atomic E-state index is -4.28. The second-order valence-corrected chi connectivity index (χ2v) is 2.30. The summed E-state index contributed by atoms with van der Waals surface area (Å²) in [6.07, 6.45) is -7.02. The molecule has 0 heterocycles. The molecular formula is C7H12F2N2O4. The number of halogens is 2. The van der Waals surface area contributed by atoms with Gasteiger partial charge < -0.3 is 20.1 Å². The molecule has 0 aromatic rings. The van der Waals surface area contributed by atoms with Crippen molar-refractivity contribution in [2.45, 2.75) is 20.1 Å². The molecule has 8 heteroatoms. The fourth-order valence-corrected chi connectivity index (χ4v) is 0.598. The van der Waals surface area contributed by atoms with E-state index in [1.165, 1.54) is 13.8 Å². The van der Waals surface area contributed by atoms with Gasteiger partial charge in [-0.3, -0.25) is 0 Å². The van der Waals surface area contributed by atoms with Crippen LogP contribution < -0.4 is 10.6 Å². The molecule has 0 atom stereocenters. The van der Waals surface area contributed by atoms with Crippen LogP contribution in [0.5, 0.6) is 0 Å². The van der Waals surface area contributed by atoms with Crippen molar-refractivity contribution in [3.8, 4) is 0 Å². The average molecular weight is 226 g/mol. The Hall–Kier alpha value is -1.60. The number of ether oxygens (including phenoxy) is 2. The van der Waals surface area contributed by atoms with E-state index in [0.29, 0.717) is 0 Å². The maximum absolute atomic E-state index is 12.6. The van der Waals surface area contributed by atoms with Crippen molar-refractivity contribution in [1.82, 2.24) is 10.6 Å². The third kappa shape index (κ3) is 6.47. The highest BCUT2D eigenvalue weighted by atomic mass is 19.3. The summed E-state index contributed by atoms with van der Waals surface area (Å²) >= 11 is 0. The van der Waals surface area contributed by atoms with E-state index < -0.39 is 18.5 Å². The lowest BCUT2D eigenvalue weighted by molar-refractivity contribution is -0.336. The zero-order chi connectivity index (χ0) is 11.9. The van der Waals surface area contributed by atoms with Gasteiger partial charge in [-0.15, -0.1) is 8.78 Å². The first-order chi connectivity index (χ1) is 6.91. The van der Waals surface area contributed by atoms with Crippen molar-refractivity contribution in [2.75, 3.05) is 13.1 Å². The summed E-state index contributed by atoms with van der Waals surface area (Å²) < 4.78 is 32.3.